The van der Waals surface area contributed by atoms with E-state index in [-0.39, 0.29) is 35.6 Å². The molecular formula is C27H42O9. The van der Waals surface area contributed by atoms with Crippen molar-refractivity contribution < 1.29 is 44.2 Å². The summed E-state index contributed by atoms with van der Waals surface area (Å²) in [6.45, 7) is 11.4. The maximum atomic E-state index is 13.4. The van der Waals surface area contributed by atoms with Gasteiger partial charge in [-0.1, -0.05) is 33.8 Å². The molecule has 3 aliphatic carbocycles. The molecule has 4 fully saturated rings. The van der Waals surface area contributed by atoms with E-state index in [1.54, 1.807) is 6.08 Å². The van der Waals surface area contributed by atoms with Crippen LogP contribution in [0.2, 0.25) is 0 Å². The maximum absolute atomic E-state index is 13.4. The van der Waals surface area contributed by atoms with Gasteiger partial charge in [0.2, 0.25) is 0 Å². The van der Waals surface area contributed by atoms with Gasteiger partial charge in [0.25, 0.3) is 0 Å². The van der Waals surface area contributed by atoms with Crippen molar-refractivity contribution in [3.63, 3.8) is 0 Å². The number of hydrogen-bond donors (Lipinski definition) is 4. The zero-order chi connectivity index (χ0) is 26.6. The highest BCUT2D eigenvalue weighted by Crippen LogP contribution is 2.68. The molecule has 0 aromatic heterocycles. The van der Waals surface area contributed by atoms with Gasteiger partial charge >= 0.3 is 5.97 Å². The third-order valence-electron chi connectivity index (χ3n) is 10.4. The van der Waals surface area contributed by atoms with Crippen molar-refractivity contribution >= 4 is 11.8 Å². The molecular weight excluding hydrogens is 468 g/mol. The Morgan fingerprint density at radius 1 is 1.17 bits per heavy atom. The minimum Gasteiger partial charge on any atom is -0.460 e. The van der Waals surface area contributed by atoms with Gasteiger partial charge in [0, 0.05) is 23.2 Å². The van der Waals surface area contributed by atoms with Gasteiger partial charge < -0.3 is 34.6 Å². The molecule has 36 heavy (non-hydrogen) atoms. The molecule has 12 atom stereocenters. The SMILES string of the molecule is C=C[C@@]1(C)C[C@H](OC(=O)CO[C@@H]2OC[C@H](O)[C@@H](O)[C@H]2O)[C@@]2(C)[C@H](C)CCC3(CCC(=O)[C@@H]32)C(C)[C@H]1O. The number of esters is 1. The first kappa shape index (κ1) is 27.7. The fourth-order valence-corrected chi connectivity index (χ4v) is 7.77. The van der Waals surface area contributed by atoms with Gasteiger partial charge in [-0.2, -0.15) is 0 Å². The Hall–Kier alpha value is -1.36. The van der Waals surface area contributed by atoms with Crippen LogP contribution < -0.4 is 0 Å². The average molecular weight is 511 g/mol. The van der Waals surface area contributed by atoms with Crippen LogP contribution >= 0.6 is 0 Å². The van der Waals surface area contributed by atoms with Crippen LogP contribution in [-0.2, 0) is 23.8 Å². The zero-order valence-corrected chi connectivity index (χ0v) is 21.8. The summed E-state index contributed by atoms with van der Waals surface area (Å²) in [6.07, 6.45) is -1.99. The van der Waals surface area contributed by atoms with E-state index < -0.39 is 60.2 Å². The third kappa shape index (κ3) is 4.16. The number of ketones is 1. The van der Waals surface area contributed by atoms with Crippen LogP contribution in [0.1, 0.15) is 59.8 Å². The number of ether oxygens (including phenoxy) is 3. The standard InChI is InChI=1S/C27H42O9/c1-6-25(4)11-18(36-19(30)13-35-24-21(32)20(31)17(29)12-34-24)26(5)14(2)7-9-27(15(3)23(25)33)10-8-16(28)22(26)27/h6,14-15,17-18,20-24,29,31-33H,1,7-13H2,2-5H3/t14-,15?,17+,18+,20-,21-,22-,23-,24+,25+,26-,27?/m1/s1. The molecule has 4 aliphatic rings. The molecule has 9 nitrogen and oxygen atoms in total. The summed E-state index contributed by atoms with van der Waals surface area (Å²) in [4.78, 5) is 26.5. The van der Waals surface area contributed by atoms with Gasteiger partial charge in [-0.15, -0.1) is 6.58 Å². The summed E-state index contributed by atoms with van der Waals surface area (Å²) in [5.74, 6) is -0.856. The molecule has 0 amide bonds. The van der Waals surface area contributed by atoms with E-state index >= 15 is 0 Å². The highest BCUT2D eigenvalue weighted by molar-refractivity contribution is 5.85. The molecule has 0 aromatic carbocycles. The number of aliphatic hydroxyl groups is 4. The molecule has 3 saturated carbocycles. The first-order valence-corrected chi connectivity index (χ1v) is 13.1. The lowest BCUT2D eigenvalue weighted by Crippen LogP contribution is -2.63. The van der Waals surface area contributed by atoms with E-state index in [1.807, 2.05) is 6.92 Å². The van der Waals surface area contributed by atoms with E-state index in [0.29, 0.717) is 12.8 Å². The van der Waals surface area contributed by atoms with E-state index in [9.17, 15) is 30.0 Å². The average Bonchev–Trinajstić information content (AvgIpc) is 3.20. The second-order valence-corrected chi connectivity index (χ2v) is 12.1. The summed E-state index contributed by atoms with van der Waals surface area (Å²) in [7, 11) is 0. The van der Waals surface area contributed by atoms with Crippen LogP contribution in [0.5, 0.6) is 0 Å². The van der Waals surface area contributed by atoms with Crippen molar-refractivity contribution in [3.8, 4) is 0 Å². The molecule has 204 valence electrons. The molecule has 0 spiro atoms. The quantitative estimate of drug-likeness (QED) is 0.318. The Labute approximate surface area is 212 Å². The number of Topliss-reactive ketones (excluding diaryl/α,β-unsaturated/α-hetero) is 1. The first-order valence-electron chi connectivity index (χ1n) is 13.1. The minimum atomic E-state index is -1.52. The smallest absolute Gasteiger partial charge is 0.332 e. The summed E-state index contributed by atoms with van der Waals surface area (Å²) >= 11 is 0. The van der Waals surface area contributed by atoms with Crippen molar-refractivity contribution in [2.75, 3.05) is 13.2 Å². The van der Waals surface area contributed by atoms with Gasteiger partial charge in [0.05, 0.1) is 12.7 Å². The van der Waals surface area contributed by atoms with Crippen molar-refractivity contribution in [1.82, 2.24) is 0 Å². The third-order valence-corrected chi connectivity index (χ3v) is 10.4. The van der Waals surface area contributed by atoms with Gasteiger partial charge in [0.1, 0.15) is 36.8 Å². The van der Waals surface area contributed by atoms with Crippen molar-refractivity contribution in [3.05, 3.63) is 12.7 Å². The number of aliphatic hydroxyl groups excluding tert-OH is 4. The Morgan fingerprint density at radius 2 is 1.86 bits per heavy atom. The monoisotopic (exact) mass is 510 g/mol. The normalized spacial score (nSPS) is 51.1. The molecule has 2 unspecified atom stereocenters. The number of carbonyl (C=O) groups is 2. The minimum absolute atomic E-state index is 0.105. The lowest BCUT2D eigenvalue weighted by Gasteiger charge is -2.61. The Bertz CT molecular complexity index is 877. The summed E-state index contributed by atoms with van der Waals surface area (Å²) < 4.78 is 16.7. The Morgan fingerprint density at radius 3 is 2.53 bits per heavy atom. The van der Waals surface area contributed by atoms with E-state index in [1.165, 1.54) is 0 Å². The maximum Gasteiger partial charge on any atom is 0.332 e. The van der Waals surface area contributed by atoms with E-state index in [4.69, 9.17) is 14.2 Å². The number of hydrogen-bond acceptors (Lipinski definition) is 9. The van der Waals surface area contributed by atoms with Crippen LogP contribution in [0.4, 0.5) is 0 Å². The molecule has 0 aromatic rings. The van der Waals surface area contributed by atoms with Gasteiger partial charge in [-0.05, 0) is 42.9 Å². The largest absolute Gasteiger partial charge is 0.460 e. The predicted octanol–water partition coefficient (Wildman–Crippen LogP) is 1.35. The molecule has 0 radical (unpaired) electrons. The lowest BCUT2D eigenvalue weighted by atomic mass is 9.44. The molecule has 4 rings (SSSR count). The predicted molar refractivity (Wildman–Crippen MR) is 128 cm³/mol. The van der Waals surface area contributed by atoms with Crippen LogP contribution in [-0.4, -0.2) is 82.2 Å². The van der Waals surface area contributed by atoms with Gasteiger partial charge in [-0.25, -0.2) is 4.79 Å². The topological polar surface area (TPSA) is 143 Å². The Balaban J connectivity index is 1.61. The summed E-state index contributed by atoms with van der Waals surface area (Å²) in [5, 5.41) is 41.1. The molecule has 4 N–H and O–H groups in total. The second-order valence-electron chi connectivity index (χ2n) is 12.1. The van der Waals surface area contributed by atoms with Crippen LogP contribution in [0.25, 0.3) is 0 Å². The van der Waals surface area contributed by atoms with Crippen LogP contribution in [0, 0.1) is 34.0 Å². The van der Waals surface area contributed by atoms with Crippen molar-refractivity contribution in [2.45, 2.75) is 96.6 Å². The zero-order valence-electron chi connectivity index (χ0n) is 21.8. The molecule has 1 heterocycles. The fraction of sp³-hybridized carbons (Fsp3) is 0.852. The second kappa shape index (κ2) is 9.75. The molecule has 1 saturated heterocycles. The van der Waals surface area contributed by atoms with Crippen LogP contribution in [0.15, 0.2) is 12.7 Å². The Kier molecular flexibility index (Phi) is 7.49. The lowest BCUT2D eigenvalue weighted by molar-refractivity contribution is -0.271. The van der Waals surface area contributed by atoms with E-state index in [2.05, 4.69) is 27.4 Å². The molecule has 1 aliphatic heterocycles. The number of carbonyl (C=O) groups excluding carboxylic acids is 2. The highest BCUT2D eigenvalue weighted by atomic mass is 16.7. The highest BCUT2D eigenvalue weighted by Gasteiger charge is 2.68. The van der Waals surface area contributed by atoms with Crippen molar-refractivity contribution in [2.24, 2.45) is 34.0 Å². The van der Waals surface area contributed by atoms with Gasteiger partial charge in [0.15, 0.2) is 6.29 Å². The van der Waals surface area contributed by atoms with E-state index in [0.717, 1.165) is 19.3 Å². The number of rotatable bonds is 5. The van der Waals surface area contributed by atoms with Gasteiger partial charge in [-0.3, -0.25) is 4.79 Å². The first-order chi connectivity index (χ1) is 16.8. The molecule has 2 bridgehead atoms. The van der Waals surface area contributed by atoms with Crippen molar-refractivity contribution in [1.29, 1.82) is 0 Å². The summed E-state index contributed by atoms with van der Waals surface area (Å²) in [5.41, 5.74) is -1.74. The van der Waals surface area contributed by atoms with Crippen LogP contribution in [0.3, 0.4) is 0 Å². The fourth-order valence-electron chi connectivity index (χ4n) is 7.77. The summed E-state index contributed by atoms with van der Waals surface area (Å²) in [6, 6.07) is 0. The molecule has 9 heteroatoms.